The molecule has 16 heavy (non-hydrogen) atoms. The Kier molecular flexibility index (Phi) is 2.90. The van der Waals surface area contributed by atoms with Gasteiger partial charge in [-0.05, 0) is 24.1 Å². The first kappa shape index (κ1) is 10.7. The molecule has 0 spiro atoms. The third kappa shape index (κ3) is 2.21. The number of ether oxygens (including phenoxy) is 2. The predicted molar refractivity (Wildman–Crippen MR) is 55.9 cm³/mol. The lowest BCUT2D eigenvalue weighted by Crippen LogP contribution is -2.10. The second-order valence-electron chi connectivity index (χ2n) is 3.75. The van der Waals surface area contributed by atoms with Gasteiger partial charge in [-0.25, -0.2) is 0 Å². The Morgan fingerprint density at radius 1 is 1.31 bits per heavy atom. The van der Waals surface area contributed by atoms with Gasteiger partial charge in [0.2, 0.25) is 0 Å². The summed E-state index contributed by atoms with van der Waals surface area (Å²) in [5.74, 6) is -0.404. The Hall–Kier alpha value is -1.84. The van der Waals surface area contributed by atoms with Gasteiger partial charge in [-0.3, -0.25) is 9.59 Å². The maximum Gasteiger partial charge on any atom is 0.317 e. The van der Waals surface area contributed by atoms with Crippen LogP contribution in [0.15, 0.2) is 24.3 Å². The summed E-state index contributed by atoms with van der Waals surface area (Å²) in [4.78, 5) is 22.1. The van der Waals surface area contributed by atoms with E-state index in [1.54, 1.807) is 7.11 Å². The quantitative estimate of drug-likeness (QED) is 0.569. The summed E-state index contributed by atoms with van der Waals surface area (Å²) in [6.07, 6.45) is 0.722. The van der Waals surface area contributed by atoms with Gasteiger partial charge in [-0.2, -0.15) is 0 Å². The number of carbonyl (C=O) groups is 2. The van der Waals surface area contributed by atoms with Crippen molar-refractivity contribution < 1.29 is 19.1 Å². The molecule has 0 radical (unpaired) electrons. The van der Waals surface area contributed by atoms with E-state index < -0.39 is 11.9 Å². The van der Waals surface area contributed by atoms with E-state index in [1.807, 2.05) is 24.3 Å². The van der Waals surface area contributed by atoms with Gasteiger partial charge < -0.3 is 9.47 Å². The van der Waals surface area contributed by atoms with Crippen LogP contribution in [0.2, 0.25) is 0 Å². The highest BCUT2D eigenvalue weighted by atomic mass is 16.6. The highest BCUT2D eigenvalue weighted by Gasteiger charge is 2.33. The molecule has 1 aromatic rings. The first-order chi connectivity index (χ1) is 7.69. The Bertz CT molecular complexity index is 408. The molecule has 0 bridgehead atoms. The highest BCUT2D eigenvalue weighted by Crippen LogP contribution is 2.22. The molecule has 4 nitrogen and oxygen atoms in total. The van der Waals surface area contributed by atoms with E-state index in [2.05, 4.69) is 4.74 Å². The topological polar surface area (TPSA) is 52.6 Å². The van der Waals surface area contributed by atoms with Gasteiger partial charge in [0.05, 0.1) is 19.4 Å². The van der Waals surface area contributed by atoms with E-state index in [4.69, 9.17) is 4.74 Å². The molecule has 0 saturated carbocycles. The first-order valence-electron chi connectivity index (χ1n) is 5.06. The van der Waals surface area contributed by atoms with E-state index in [0.29, 0.717) is 6.42 Å². The molecule has 1 heterocycles. The van der Waals surface area contributed by atoms with Crippen LogP contribution >= 0.6 is 0 Å². The zero-order chi connectivity index (χ0) is 11.5. The van der Waals surface area contributed by atoms with Crippen molar-refractivity contribution in [1.82, 2.24) is 0 Å². The van der Waals surface area contributed by atoms with Gasteiger partial charge in [-0.15, -0.1) is 0 Å². The van der Waals surface area contributed by atoms with Crippen LogP contribution in [0.5, 0.6) is 5.75 Å². The summed E-state index contributed by atoms with van der Waals surface area (Å²) in [5.41, 5.74) is 0.998. The second-order valence-corrected chi connectivity index (χ2v) is 3.75. The third-order valence-corrected chi connectivity index (χ3v) is 2.60. The Morgan fingerprint density at radius 3 is 2.50 bits per heavy atom. The second kappa shape index (κ2) is 4.35. The van der Waals surface area contributed by atoms with Gasteiger partial charge in [0.15, 0.2) is 0 Å². The zero-order valence-corrected chi connectivity index (χ0v) is 8.93. The lowest BCUT2D eigenvalue weighted by molar-refractivity contribution is -0.153. The predicted octanol–water partition coefficient (Wildman–Crippen LogP) is 1.33. The number of cyclic esters (lactones) is 2. The van der Waals surface area contributed by atoms with Crippen molar-refractivity contribution in [2.45, 2.75) is 12.8 Å². The maximum absolute atomic E-state index is 11.2. The van der Waals surface area contributed by atoms with Crippen molar-refractivity contribution in [2.24, 2.45) is 5.92 Å². The van der Waals surface area contributed by atoms with Gasteiger partial charge >= 0.3 is 11.9 Å². The van der Waals surface area contributed by atoms with E-state index in [1.165, 1.54) is 0 Å². The molecule has 2 rings (SSSR count). The van der Waals surface area contributed by atoms with Gasteiger partial charge in [0, 0.05) is 0 Å². The maximum atomic E-state index is 11.2. The summed E-state index contributed by atoms with van der Waals surface area (Å²) in [6, 6.07) is 7.43. The van der Waals surface area contributed by atoms with Gasteiger partial charge in [0.25, 0.3) is 0 Å². The average molecular weight is 220 g/mol. The zero-order valence-electron chi connectivity index (χ0n) is 8.93. The molecule has 1 atom stereocenters. The van der Waals surface area contributed by atoms with Crippen LogP contribution in [0.1, 0.15) is 12.0 Å². The number of esters is 2. The van der Waals surface area contributed by atoms with E-state index in [-0.39, 0.29) is 12.3 Å². The minimum absolute atomic E-state index is 0.185. The van der Waals surface area contributed by atoms with E-state index in [9.17, 15) is 9.59 Å². The highest BCUT2D eigenvalue weighted by molar-refractivity contribution is 5.94. The first-order valence-corrected chi connectivity index (χ1v) is 5.06. The lowest BCUT2D eigenvalue weighted by atomic mass is 9.98. The van der Waals surface area contributed by atoms with Crippen molar-refractivity contribution >= 4 is 11.9 Å². The summed E-state index contributed by atoms with van der Waals surface area (Å²) in [6.45, 7) is 0. The van der Waals surface area contributed by atoms with Crippen molar-refractivity contribution in [3.63, 3.8) is 0 Å². The minimum atomic E-state index is -0.427. The Labute approximate surface area is 93.2 Å². The molecule has 0 amide bonds. The Morgan fingerprint density at radius 2 is 2.00 bits per heavy atom. The fraction of sp³-hybridized carbons (Fsp3) is 0.333. The van der Waals surface area contributed by atoms with Crippen molar-refractivity contribution in [2.75, 3.05) is 7.11 Å². The van der Waals surface area contributed by atoms with Crippen LogP contribution in [0.4, 0.5) is 0 Å². The summed E-state index contributed by atoms with van der Waals surface area (Å²) in [5, 5.41) is 0. The number of benzene rings is 1. The number of methoxy groups -OCH3 is 1. The molecule has 0 unspecified atom stereocenters. The van der Waals surface area contributed by atoms with Crippen LogP contribution in [-0.2, 0) is 20.7 Å². The molecule has 4 heteroatoms. The molecule has 1 aliphatic rings. The van der Waals surface area contributed by atoms with Gasteiger partial charge in [0.1, 0.15) is 5.75 Å². The molecule has 1 aliphatic heterocycles. The van der Waals surface area contributed by atoms with Crippen LogP contribution in [0.3, 0.4) is 0 Å². The fourth-order valence-corrected chi connectivity index (χ4v) is 1.72. The number of hydrogen-bond donors (Lipinski definition) is 0. The standard InChI is InChI=1S/C12H12O4/c1-15-10-4-2-8(3-5-10)6-9-7-11(13)16-12(9)14/h2-5,9H,6-7H2,1H3/t9-/m0/s1. The monoisotopic (exact) mass is 220 g/mol. The van der Waals surface area contributed by atoms with Crippen molar-refractivity contribution in [3.05, 3.63) is 29.8 Å². The summed E-state index contributed by atoms with van der Waals surface area (Å²) in [7, 11) is 1.60. The molecule has 1 aromatic carbocycles. The molecule has 84 valence electrons. The molecule has 1 fully saturated rings. The molecule has 0 aromatic heterocycles. The number of carbonyl (C=O) groups excluding carboxylic acids is 2. The van der Waals surface area contributed by atoms with E-state index >= 15 is 0 Å². The fourth-order valence-electron chi connectivity index (χ4n) is 1.72. The molecule has 1 saturated heterocycles. The van der Waals surface area contributed by atoms with Crippen LogP contribution in [0, 0.1) is 5.92 Å². The van der Waals surface area contributed by atoms with Crippen LogP contribution < -0.4 is 4.74 Å². The molecular weight excluding hydrogens is 208 g/mol. The Balaban J connectivity index is 2.03. The lowest BCUT2D eigenvalue weighted by Gasteiger charge is -2.05. The summed E-state index contributed by atoms with van der Waals surface area (Å²) < 4.78 is 9.52. The van der Waals surface area contributed by atoms with Crippen molar-refractivity contribution in [1.29, 1.82) is 0 Å². The van der Waals surface area contributed by atoms with Crippen molar-refractivity contribution in [3.8, 4) is 5.75 Å². The van der Waals surface area contributed by atoms with Gasteiger partial charge in [-0.1, -0.05) is 12.1 Å². The summed E-state index contributed by atoms with van der Waals surface area (Å²) >= 11 is 0. The van der Waals surface area contributed by atoms with Crippen LogP contribution in [0.25, 0.3) is 0 Å². The largest absolute Gasteiger partial charge is 0.497 e. The van der Waals surface area contributed by atoms with E-state index in [0.717, 1.165) is 11.3 Å². The van der Waals surface area contributed by atoms with Crippen LogP contribution in [-0.4, -0.2) is 19.0 Å². The molecular formula is C12H12O4. The normalized spacial score (nSPS) is 19.7. The average Bonchev–Trinajstić information content (AvgIpc) is 2.59. The minimum Gasteiger partial charge on any atom is -0.497 e. The number of hydrogen-bond acceptors (Lipinski definition) is 4. The third-order valence-electron chi connectivity index (χ3n) is 2.60. The SMILES string of the molecule is COc1ccc(C[C@H]2CC(=O)OC2=O)cc1. The smallest absolute Gasteiger partial charge is 0.317 e. The number of rotatable bonds is 3. The molecule has 0 N–H and O–H groups in total. The molecule has 0 aliphatic carbocycles.